The molecular weight excluding hydrogens is 268 g/mol. The number of nitrogens with zero attached hydrogens (tertiary/aromatic N) is 1. The van der Waals surface area contributed by atoms with E-state index in [0.717, 1.165) is 0 Å². The van der Waals surface area contributed by atoms with Gasteiger partial charge in [0.1, 0.15) is 0 Å². The number of likely N-dealkylation sites (tertiary alicyclic amines) is 1. The van der Waals surface area contributed by atoms with Crippen molar-refractivity contribution in [3.8, 4) is 5.75 Å². The molecule has 2 rings (SSSR count). The lowest BCUT2D eigenvalue weighted by Crippen LogP contribution is -2.66. The predicted molar refractivity (Wildman–Crippen MR) is 80.8 cm³/mol. The van der Waals surface area contributed by atoms with Gasteiger partial charge in [0.2, 0.25) is 0 Å². The molecule has 0 radical (unpaired) electrons. The summed E-state index contributed by atoms with van der Waals surface area (Å²) < 4.78 is 0. The quantitative estimate of drug-likeness (QED) is 0.824. The molecule has 1 aliphatic rings. The summed E-state index contributed by atoms with van der Waals surface area (Å²) in [7, 11) is 0. The third-order valence-electron chi connectivity index (χ3n) is 3.88. The molecule has 0 bridgehead atoms. The van der Waals surface area contributed by atoms with E-state index in [9.17, 15) is 9.90 Å². The van der Waals surface area contributed by atoms with Crippen LogP contribution in [0.4, 0.5) is 4.79 Å². The van der Waals surface area contributed by atoms with Crippen molar-refractivity contribution in [3.05, 3.63) is 30.3 Å². The van der Waals surface area contributed by atoms with Crippen LogP contribution in [-0.2, 0) is 0 Å². The minimum absolute atomic E-state index is 0.291. The smallest absolute Gasteiger partial charge is 0.351 e. The fourth-order valence-electron chi connectivity index (χ4n) is 3.41. The van der Waals surface area contributed by atoms with E-state index in [4.69, 9.17) is 4.84 Å². The average Bonchev–Trinajstić information content (AvgIpc) is 2.34. The van der Waals surface area contributed by atoms with E-state index in [1.807, 2.05) is 45.9 Å². The van der Waals surface area contributed by atoms with Crippen molar-refractivity contribution in [2.45, 2.75) is 57.7 Å². The molecule has 0 unspecified atom stereocenters. The highest BCUT2D eigenvalue weighted by Gasteiger charge is 2.47. The van der Waals surface area contributed by atoms with Crippen molar-refractivity contribution in [2.75, 3.05) is 0 Å². The maximum Gasteiger partial charge on any atom is 0.351 e. The number of hydrogen-bond acceptors (Lipinski definition) is 3. The third kappa shape index (κ3) is 3.47. The summed E-state index contributed by atoms with van der Waals surface area (Å²) in [6.45, 7) is 7.83. The summed E-state index contributed by atoms with van der Waals surface area (Å²) in [5, 5.41) is 10.00. The van der Waals surface area contributed by atoms with Crippen LogP contribution in [0.3, 0.4) is 0 Å². The zero-order valence-corrected chi connectivity index (χ0v) is 13.1. The Kier molecular flexibility index (Phi) is 4.14. The summed E-state index contributed by atoms with van der Waals surface area (Å²) in [6, 6.07) is 8.82. The molecule has 1 aliphatic heterocycles. The highest BCUT2D eigenvalue weighted by atomic mass is 16.7. The molecule has 116 valence electrons. The van der Waals surface area contributed by atoms with Gasteiger partial charge >= 0.3 is 6.03 Å². The van der Waals surface area contributed by atoms with Crippen LogP contribution in [0.1, 0.15) is 40.5 Å². The molecule has 1 saturated heterocycles. The number of nitrogens with one attached hydrogen (secondary N) is 1. The topological polar surface area (TPSA) is 61.8 Å². The fourth-order valence-corrected chi connectivity index (χ4v) is 3.41. The van der Waals surface area contributed by atoms with Crippen molar-refractivity contribution < 1.29 is 14.7 Å². The Morgan fingerprint density at radius 2 is 1.71 bits per heavy atom. The first-order valence-electron chi connectivity index (χ1n) is 7.23. The molecule has 0 aromatic heterocycles. The number of hydroxylamine groups is 1. The Bertz CT molecular complexity index is 482. The van der Waals surface area contributed by atoms with Crippen molar-refractivity contribution in [3.63, 3.8) is 0 Å². The van der Waals surface area contributed by atoms with Crippen LogP contribution in [0.15, 0.2) is 30.3 Å². The summed E-state index contributed by atoms with van der Waals surface area (Å²) in [5.41, 5.74) is 1.62. The number of benzene rings is 1. The molecule has 1 fully saturated rings. The molecule has 2 N–H and O–H groups in total. The molecule has 0 atom stereocenters. The van der Waals surface area contributed by atoms with Crippen LogP contribution in [0.25, 0.3) is 0 Å². The zero-order chi connectivity index (χ0) is 15.7. The largest absolute Gasteiger partial charge is 0.393 e. The number of hydrogen-bond donors (Lipinski definition) is 2. The molecule has 1 heterocycles. The van der Waals surface area contributed by atoms with Crippen molar-refractivity contribution in [1.29, 1.82) is 0 Å². The van der Waals surface area contributed by atoms with Gasteiger partial charge < -0.3 is 14.8 Å². The number of carbonyl (C=O) groups excluding carboxylic acids is 1. The molecule has 0 aliphatic carbocycles. The number of aliphatic hydroxyl groups is 1. The predicted octanol–water partition coefficient (Wildman–Crippen LogP) is 2.70. The number of aliphatic hydroxyl groups excluding tert-OH is 1. The van der Waals surface area contributed by atoms with Crippen LogP contribution >= 0.6 is 0 Å². The van der Waals surface area contributed by atoms with Crippen LogP contribution in [0, 0.1) is 0 Å². The lowest BCUT2D eigenvalue weighted by Gasteiger charge is -2.53. The van der Waals surface area contributed by atoms with Gasteiger partial charge in [-0.05, 0) is 52.7 Å². The zero-order valence-electron chi connectivity index (χ0n) is 13.1. The van der Waals surface area contributed by atoms with E-state index < -0.39 is 17.2 Å². The number of rotatable bonds is 2. The highest BCUT2D eigenvalue weighted by Crippen LogP contribution is 2.38. The van der Waals surface area contributed by atoms with Gasteiger partial charge in [-0.3, -0.25) is 0 Å². The number of urea groups is 1. The molecule has 5 heteroatoms. The van der Waals surface area contributed by atoms with Crippen molar-refractivity contribution in [1.82, 2.24) is 10.4 Å². The molecule has 21 heavy (non-hydrogen) atoms. The van der Waals surface area contributed by atoms with E-state index >= 15 is 0 Å². The van der Waals surface area contributed by atoms with Crippen molar-refractivity contribution >= 4 is 6.03 Å². The first-order chi connectivity index (χ1) is 9.72. The van der Waals surface area contributed by atoms with Gasteiger partial charge in [0, 0.05) is 11.1 Å². The fraction of sp³-hybridized carbons (Fsp3) is 0.562. The number of amides is 2. The Hall–Kier alpha value is -1.75. The molecule has 0 saturated carbocycles. The van der Waals surface area contributed by atoms with Gasteiger partial charge in [0.15, 0.2) is 5.75 Å². The molecule has 5 nitrogen and oxygen atoms in total. The van der Waals surface area contributed by atoms with Gasteiger partial charge in [-0.1, -0.05) is 18.2 Å². The second kappa shape index (κ2) is 5.56. The number of piperidine rings is 1. The second-order valence-corrected chi connectivity index (χ2v) is 6.84. The Balaban J connectivity index is 2.09. The molecule has 2 amide bonds. The van der Waals surface area contributed by atoms with Crippen LogP contribution in [0.5, 0.6) is 5.75 Å². The van der Waals surface area contributed by atoms with E-state index in [1.165, 1.54) is 0 Å². The molecule has 1 aromatic carbocycles. The van der Waals surface area contributed by atoms with Crippen LogP contribution in [0.2, 0.25) is 0 Å². The van der Waals surface area contributed by atoms with E-state index in [-0.39, 0.29) is 6.03 Å². The molecule has 1 aromatic rings. The minimum atomic E-state index is -0.439. The summed E-state index contributed by atoms with van der Waals surface area (Å²) in [4.78, 5) is 19.6. The van der Waals surface area contributed by atoms with E-state index in [2.05, 4.69) is 5.48 Å². The van der Waals surface area contributed by atoms with Gasteiger partial charge in [-0.15, -0.1) is 0 Å². The van der Waals surface area contributed by atoms with Crippen LogP contribution in [-0.4, -0.2) is 33.2 Å². The Labute approximate surface area is 125 Å². The van der Waals surface area contributed by atoms with Gasteiger partial charge in [0.25, 0.3) is 0 Å². The molecular formula is C16H24N2O3. The van der Waals surface area contributed by atoms with Gasteiger partial charge in [-0.2, -0.15) is 5.48 Å². The van der Waals surface area contributed by atoms with Gasteiger partial charge in [-0.25, -0.2) is 4.79 Å². The summed E-state index contributed by atoms with van der Waals surface area (Å²) in [5.74, 6) is 0.582. The minimum Gasteiger partial charge on any atom is -0.393 e. The monoisotopic (exact) mass is 292 g/mol. The maximum absolute atomic E-state index is 12.5. The maximum atomic E-state index is 12.5. The lowest BCUT2D eigenvalue weighted by atomic mass is 9.78. The third-order valence-corrected chi connectivity index (χ3v) is 3.88. The standard InChI is InChI=1S/C16H24N2O3/c1-15(2)10-12(19)11-16(3,4)18(15)14(20)17-21-13-8-6-5-7-9-13/h5-9,12,19H,10-11H2,1-4H3,(H,17,20). The first kappa shape index (κ1) is 15.6. The van der Waals surface area contributed by atoms with Gasteiger partial charge in [0.05, 0.1) is 6.10 Å². The number of carbonyl (C=O) groups is 1. The highest BCUT2D eigenvalue weighted by molar-refractivity contribution is 5.75. The Morgan fingerprint density at radius 3 is 2.24 bits per heavy atom. The SMILES string of the molecule is CC1(C)CC(O)CC(C)(C)N1C(=O)NOc1ccccc1. The Morgan fingerprint density at radius 1 is 1.19 bits per heavy atom. The van der Waals surface area contributed by atoms with Crippen LogP contribution < -0.4 is 10.3 Å². The number of para-hydroxylation sites is 1. The first-order valence-corrected chi connectivity index (χ1v) is 7.23. The normalized spacial score (nSPS) is 20.9. The average molecular weight is 292 g/mol. The van der Waals surface area contributed by atoms with Crippen molar-refractivity contribution in [2.24, 2.45) is 0 Å². The summed E-state index contributed by atoms with van der Waals surface area (Å²) in [6.07, 6.45) is 0.707. The second-order valence-electron chi connectivity index (χ2n) is 6.84. The lowest BCUT2D eigenvalue weighted by molar-refractivity contribution is -0.0562. The van der Waals surface area contributed by atoms with E-state index in [1.54, 1.807) is 17.0 Å². The van der Waals surface area contributed by atoms with E-state index in [0.29, 0.717) is 18.6 Å². The molecule has 0 spiro atoms. The summed E-state index contributed by atoms with van der Waals surface area (Å²) >= 11 is 0.